The molecule has 2 N–H and O–H groups in total. The van der Waals surface area contributed by atoms with E-state index in [4.69, 9.17) is 5.73 Å². The largest absolute Gasteiger partial charge is 0.397 e. The molecule has 0 aliphatic rings. The van der Waals surface area contributed by atoms with Gasteiger partial charge in [-0.25, -0.2) is 8.42 Å². The van der Waals surface area contributed by atoms with E-state index >= 15 is 0 Å². The van der Waals surface area contributed by atoms with E-state index in [-0.39, 0.29) is 11.4 Å². The van der Waals surface area contributed by atoms with Crippen molar-refractivity contribution in [3.63, 3.8) is 0 Å². The van der Waals surface area contributed by atoms with Crippen LogP contribution < -0.4 is 5.73 Å². The van der Waals surface area contributed by atoms with Crippen molar-refractivity contribution in [1.82, 2.24) is 4.31 Å². The number of aryl methyl sites for hydroxylation is 2. The number of benzene rings is 1. The first-order chi connectivity index (χ1) is 8.17. The van der Waals surface area contributed by atoms with E-state index in [1.165, 1.54) is 11.4 Å². The van der Waals surface area contributed by atoms with Gasteiger partial charge in [-0.3, -0.25) is 0 Å². The van der Waals surface area contributed by atoms with E-state index in [0.717, 1.165) is 11.1 Å². The van der Waals surface area contributed by atoms with Crippen LogP contribution in [0.4, 0.5) is 5.69 Å². The molecule has 0 spiro atoms. The average molecular weight is 268 g/mol. The summed E-state index contributed by atoms with van der Waals surface area (Å²) in [5.41, 5.74) is 8.44. The van der Waals surface area contributed by atoms with Gasteiger partial charge in [-0.1, -0.05) is 24.3 Å². The molecular weight excluding hydrogens is 248 g/mol. The van der Waals surface area contributed by atoms with E-state index < -0.39 is 10.0 Å². The lowest BCUT2D eigenvalue weighted by molar-refractivity contribution is 0.493. The Balaban J connectivity index is 3.37. The minimum atomic E-state index is -3.57. The number of hydrogen-bond donors (Lipinski definition) is 1. The summed E-state index contributed by atoms with van der Waals surface area (Å²) in [7, 11) is -2.04. The third-order valence-corrected chi connectivity index (χ3v) is 4.78. The Morgan fingerprint density at radius 2 is 1.83 bits per heavy atom. The molecule has 0 atom stereocenters. The van der Waals surface area contributed by atoms with Gasteiger partial charge in [0.25, 0.3) is 0 Å². The van der Waals surface area contributed by atoms with Crippen LogP contribution in [0.15, 0.2) is 29.2 Å². The molecule has 0 bridgehead atoms. The summed E-state index contributed by atoms with van der Waals surface area (Å²) in [6.45, 7) is 9.35. The molecule has 0 aromatic heterocycles. The third-order valence-electron chi connectivity index (χ3n) is 2.77. The van der Waals surface area contributed by atoms with Gasteiger partial charge in [-0.05, 0) is 31.9 Å². The molecule has 0 radical (unpaired) electrons. The maximum Gasteiger partial charge on any atom is 0.245 e. The second-order valence-corrected chi connectivity index (χ2v) is 6.64. The molecule has 0 saturated heterocycles. The Morgan fingerprint density at radius 3 is 2.33 bits per heavy atom. The first kappa shape index (κ1) is 14.7. The Morgan fingerprint density at radius 1 is 1.33 bits per heavy atom. The van der Waals surface area contributed by atoms with Crippen LogP contribution in [0.2, 0.25) is 0 Å². The monoisotopic (exact) mass is 268 g/mol. The third kappa shape index (κ3) is 2.73. The van der Waals surface area contributed by atoms with Crippen molar-refractivity contribution in [2.24, 2.45) is 0 Å². The molecule has 1 rings (SSSR count). The highest BCUT2D eigenvalue weighted by Crippen LogP contribution is 2.28. The first-order valence-electron chi connectivity index (χ1n) is 5.64. The number of sulfonamides is 1. The Labute approximate surface area is 109 Å². The fourth-order valence-corrected chi connectivity index (χ4v) is 3.39. The van der Waals surface area contributed by atoms with Gasteiger partial charge in [-0.15, -0.1) is 0 Å². The summed E-state index contributed by atoms with van der Waals surface area (Å²) in [5, 5.41) is 0. The highest BCUT2D eigenvalue weighted by Gasteiger charge is 2.25. The maximum absolute atomic E-state index is 12.5. The fourth-order valence-electron chi connectivity index (χ4n) is 1.77. The number of anilines is 1. The molecule has 18 heavy (non-hydrogen) atoms. The molecule has 1 aromatic rings. The van der Waals surface area contributed by atoms with Crippen LogP contribution in [-0.2, 0) is 10.0 Å². The summed E-state index contributed by atoms with van der Waals surface area (Å²) < 4.78 is 26.2. The Bertz CT molecular complexity index is 577. The highest BCUT2D eigenvalue weighted by atomic mass is 32.2. The number of nitrogen functional groups attached to an aromatic ring is 1. The van der Waals surface area contributed by atoms with Crippen molar-refractivity contribution in [1.29, 1.82) is 0 Å². The molecule has 4 nitrogen and oxygen atoms in total. The quantitative estimate of drug-likeness (QED) is 0.671. The van der Waals surface area contributed by atoms with Crippen molar-refractivity contribution in [2.75, 3.05) is 19.3 Å². The fraction of sp³-hybridized carbons (Fsp3) is 0.385. The first-order valence-corrected chi connectivity index (χ1v) is 7.08. The lowest BCUT2D eigenvalue weighted by Gasteiger charge is -2.20. The smallest absolute Gasteiger partial charge is 0.245 e. The molecule has 0 saturated carbocycles. The van der Waals surface area contributed by atoms with Crippen molar-refractivity contribution < 1.29 is 8.42 Å². The number of rotatable bonds is 4. The van der Waals surface area contributed by atoms with Crippen LogP contribution in [0.3, 0.4) is 0 Å². The molecule has 5 heteroatoms. The Hall–Kier alpha value is -1.33. The predicted molar refractivity (Wildman–Crippen MR) is 75.0 cm³/mol. The number of hydrogen-bond acceptors (Lipinski definition) is 3. The second-order valence-electron chi connectivity index (χ2n) is 4.66. The molecule has 0 fully saturated rings. The summed E-state index contributed by atoms with van der Waals surface area (Å²) in [4.78, 5) is 0.200. The van der Waals surface area contributed by atoms with Crippen LogP contribution in [0.5, 0.6) is 0 Å². The summed E-state index contributed by atoms with van der Waals surface area (Å²) in [6, 6.07) is 3.59. The van der Waals surface area contributed by atoms with Crippen LogP contribution in [0.25, 0.3) is 0 Å². The molecule has 0 amide bonds. The second kappa shape index (κ2) is 5.12. The number of nitrogens with two attached hydrogens (primary N) is 1. The van der Waals surface area contributed by atoms with E-state index in [2.05, 4.69) is 6.58 Å². The molecule has 0 heterocycles. The normalized spacial score (nSPS) is 11.8. The number of nitrogens with zero attached hydrogens (tertiary/aromatic N) is 1. The van der Waals surface area contributed by atoms with Crippen molar-refractivity contribution in [2.45, 2.75) is 25.7 Å². The zero-order valence-corrected chi connectivity index (χ0v) is 12.1. The molecule has 0 aliphatic carbocycles. The molecule has 0 aliphatic heterocycles. The van der Waals surface area contributed by atoms with E-state index in [0.29, 0.717) is 11.3 Å². The van der Waals surface area contributed by atoms with Crippen LogP contribution >= 0.6 is 0 Å². The molecule has 1 aromatic carbocycles. The molecular formula is C13H20N2O2S. The van der Waals surface area contributed by atoms with Crippen molar-refractivity contribution in [3.8, 4) is 0 Å². The van der Waals surface area contributed by atoms with Crippen LogP contribution in [0, 0.1) is 13.8 Å². The van der Waals surface area contributed by atoms with Gasteiger partial charge in [0, 0.05) is 13.6 Å². The van der Waals surface area contributed by atoms with Gasteiger partial charge in [0.05, 0.1) is 5.69 Å². The summed E-state index contributed by atoms with van der Waals surface area (Å²) >= 11 is 0. The van der Waals surface area contributed by atoms with Gasteiger partial charge in [-0.2, -0.15) is 4.31 Å². The lowest BCUT2D eigenvalue weighted by Crippen LogP contribution is -2.29. The van der Waals surface area contributed by atoms with E-state index in [1.54, 1.807) is 26.8 Å². The predicted octanol–water partition coefficient (Wildman–Crippen LogP) is 2.08. The van der Waals surface area contributed by atoms with Crippen LogP contribution in [-0.4, -0.2) is 26.3 Å². The standard InChI is InChI=1S/C13H20N2O2S/c1-9(2)8-15(5)18(16,17)13-11(4)7-6-10(3)12(13)14/h6-7H,1,8,14H2,2-5H3. The Kier molecular flexibility index (Phi) is 4.19. The number of likely N-dealkylation sites (N-methyl/N-ethyl adjacent to an activating group) is 1. The summed E-state index contributed by atoms with van der Waals surface area (Å²) in [5.74, 6) is 0. The zero-order chi connectivity index (χ0) is 14.1. The topological polar surface area (TPSA) is 63.4 Å². The highest BCUT2D eigenvalue weighted by molar-refractivity contribution is 7.89. The van der Waals surface area contributed by atoms with Gasteiger partial charge in [0.15, 0.2) is 0 Å². The summed E-state index contributed by atoms with van der Waals surface area (Å²) in [6.07, 6.45) is 0. The van der Waals surface area contributed by atoms with Crippen LogP contribution in [0.1, 0.15) is 18.1 Å². The van der Waals surface area contributed by atoms with Gasteiger partial charge < -0.3 is 5.73 Å². The SMILES string of the molecule is C=C(C)CN(C)S(=O)(=O)c1c(C)ccc(C)c1N. The van der Waals surface area contributed by atoms with Gasteiger partial charge in [0.2, 0.25) is 10.0 Å². The average Bonchev–Trinajstić information content (AvgIpc) is 2.22. The van der Waals surface area contributed by atoms with Crippen molar-refractivity contribution >= 4 is 15.7 Å². The zero-order valence-electron chi connectivity index (χ0n) is 11.3. The van der Waals surface area contributed by atoms with E-state index in [9.17, 15) is 8.42 Å². The maximum atomic E-state index is 12.5. The van der Waals surface area contributed by atoms with E-state index in [1.807, 2.05) is 6.07 Å². The molecule has 100 valence electrons. The minimum absolute atomic E-state index is 0.200. The minimum Gasteiger partial charge on any atom is -0.397 e. The van der Waals surface area contributed by atoms with Crippen molar-refractivity contribution in [3.05, 3.63) is 35.4 Å². The van der Waals surface area contributed by atoms with Gasteiger partial charge in [0.1, 0.15) is 4.90 Å². The lowest BCUT2D eigenvalue weighted by atomic mass is 10.1. The molecule has 0 unspecified atom stereocenters. The van der Waals surface area contributed by atoms with Gasteiger partial charge >= 0.3 is 0 Å².